The van der Waals surface area contributed by atoms with Crippen molar-refractivity contribution in [2.24, 2.45) is 0 Å². The number of hydrogen-bond acceptors (Lipinski definition) is 3. The zero-order chi connectivity index (χ0) is 19.4. The minimum Gasteiger partial charge on any atom is -0.351 e. The van der Waals surface area contributed by atoms with E-state index in [2.05, 4.69) is 10.6 Å². The molecular weight excluding hydrogens is 494 g/mol. The van der Waals surface area contributed by atoms with Gasteiger partial charge < -0.3 is 15.5 Å². The van der Waals surface area contributed by atoms with Gasteiger partial charge in [0.25, 0.3) is 5.91 Å². The SMILES string of the molecule is Cc1cc(C(=O)NCCN(C)C)c(Nc2ccc(I)cc2F)c(F)c1F.Cl. The first-order valence-corrected chi connectivity index (χ1v) is 8.92. The van der Waals surface area contributed by atoms with Gasteiger partial charge in [-0.15, -0.1) is 12.4 Å². The second-order valence-electron chi connectivity index (χ2n) is 6.05. The summed E-state index contributed by atoms with van der Waals surface area (Å²) in [5, 5.41) is 5.17. The number of aryl methyl sites for hydroxylation is 1. The van der Waals surface area contributed by atoms with Crippen molar-refractivity contribution >= 4 is 52.3 Å². The zero-order valence-electron chi connectivity index (χ0n) is 15.0. The number of amides is 1. The minimum absolute atomic E-state index is 0. The summed E-state index contributed by atoms with van der Waals surface area (Å²) in [5.74, 6) is -3.50. The molecule has 9 heteroatoms. The Kier molecular flexibility index (Phi) is 8.83. The van der Waals surface area contributed by atoms with Gasteiger partial charge in [-0.25, -0.2) is 13.2 Å². The van der Waals surface area contributed by atoms with Crippen molar-refractivity contribution in [3.8, 4) is 0 Å². The fraction of sp³-hybridized carbons (Fsp3) is 0.278. The van der Waals surface area contributed by atoms with Crippen molar-refractivity contribution in [2.75, 3.05) is 32.5 Å². The number of halogens is 5. The lowest BCUT2D eigenvalue weighted by Gasteiger charge is -2.16. The van der Waals surface area contributed by atoms with Gasteiger partial charge in [0.15, 0.2) is 11.6 Å². The fourth-order valence-corrected chi connectivity index (χ4v) is 2.72. The van der Waals surface area contributed by atoms with Crippen molar-refractivity contribution in [1.82, 2.24) is 10.2 Å². The molecule has 0 radical (unpaired) electrons. The first-order valence-electron chi connectivity index (χ1n) is 7.84. The number of nitrogens with zero attached hydrogens (tertiary/aromatic N) is 1. The molecule has 2 aromatic rings. The Hall–Kier alpha value is -1.52. The molecule has 0 saturated heterocycles. The molecule has 0 spiro atoms. The molecule has 27 heavy (non-hydrogen) atoms. The molecule has 0 aliphatic rings. The zero-order valence-corrected chi connectivity index (χ0v) is 18.0. The van der Waals surface area contributed by atoms with Crippen molar-refractivity contribution in [2.45, 2.75) is 6.92 Å². The molecule has 0 heterocycles. The van der Waals surface area contributed by atoms with Gasteiger partial charge in [-0.2, -0.15) is 0 Å². The van der Waals surface area contributed by atoms with E-state index in [4.69, 9.17) is 0 Å². The Bertz CT molecular complexity index is 834. The first kappa shape index (κ1) is 23.5. The average molecular weight is 514 g/mol. The van der Waals surface area contributed by atoms with Gasteiger partial charge in [0.2, 0.25) is 0 Å². The van der Waals surface area contributed by atoms with E-state index in [0.29, 0.717) is 16.7 Å². The fourth-order valence-electron chi connectivity index (χ4n) is 2.27. The van der Waals surface area contributed by atoms with E-state index >= 15 is 0 Å². The number of anilines is 2. The summed E-state index contributed by atoms with van der Waals surface area (Å²) in [4.78, 5) is 14.3. The predicted molar refractivity (Wildman–Crippen MR) is 112 cm³/mol. The van der Waals surface area contributed by atoms with Crippen LogP contribution in [0.15, 0.2) is 24.3 Å². The Morgan fingerprint density at radius 3 is 2.41 bits per heavy atom. The van der Waals surface area contributed by atoms with E-state index in [9.17, 15) is 18.0 Å². The molecule has 0 aromatic heterocycles. The molecule has 2 N–H and O–H groups in total. The van der Waals surface area contributed by atoms with Crippen LogP contribution in [0.5, 0.6) is 0 Å². The smallest absolute Gasteiger partial charge is 0.253 e. The summed E-state index contributed by atoms with van der Waals surface area (Å²) in [6, 6.07) is 5.52. The van der Waals surface area contributed by atoms with Crippen molar-refractivity contribution in [3.05, 3.63) is 56.4 Å². The molecule has 0 bridgehead atoms. The summed E-state index contributed by atoms with van der Waals surface area (Å²) >= 11 is 1.94. The van der Waals surface area contributed by atoms with E-state index in [1.807, 2.05) is 41.6 Å². The highest BCUT2D eigenvalue weighted by atomic mass is 127. The van der Waals surface area contributed by atoms with Crippen LogP contribution in [0.25, 0.3) is 0 Å². The molecule has 4 nitrogen and oxygen atoms in total. The molecule has 0 aliphatic heterocycles. The van der Waals surface area contributed by atoms with Gasteiger partial charge >= 0.3 is 0 Å². The monoisotopic (exact) mass is 513 g/mol. The predicted octanol–water partition coefficient (Wildman–Crippen LogP) is 4.47. The maximum atomic E-state index is 14.5. The van der Waals surface area contributed by atoms with Crippen LogP contribution in [-0.4, -0.2) is 38.0 Å². The third kappa shape index (κ3) is 5.98. The molecule has 2 aromatic carbocycles. The second kappa shape index (κ2) is 10.1. The van der Waals surface area contributed by atoms with Gasteiger partial charge in [-0.3, -0.25) is 4.79 Å². The van der Waals surface area contributed by atoms with Crippen LogP contribution in [0.3, 0.4) is 0 Å². The quantitative estimate of drug-likeness (QED) is 0.560. The normalized spacial score (nSPS) is 10.5. The standard InChI is InChI=1S/C18H19F3IN3O.ClH/c1-10-8-12(18(26)23-6-7-25(2)3)17(16(21)15(10)20)24-14-5-4-11(22)9-13(14)19;/h4-5,8-9,24H,6-7H2,1-3H3,(H,23,26);1H. The van der Waals surface area contributed by atoms with E-state index in [-0.39, 0.29) is 29.2 Å². The first-order chi connectivity index (χ1) is 12.2. The van der Waals surface area contributed by atoms with Gasteiger partial charge in [-0.1, -0.05) is 0 Å². The van der Waals surface area contributed by atoms with Crippen LogP contribution < -0.4 is 10.6 Å². The van der Waals surface area contributed by atoms with E-state index in [0.717, 1.165) is 0 Å². The molecule has 0 unspecified atom stereocenters. The summed E-state index contributed by atoms with van der Waals surface area (Å²) in [6.07, 6.45) is 0. The van der Waals surface area contributed by atoms with E-state index in [1.54, 1.807) is 6.07 Å². The van der Waals surface area contributed by atoms with Crippen LogP contribution >= 0.6 is 35.0 Å². The average Bonchev–Trinajstić information content (AvgIpc) is 2.56. The molecule has 0 saturated carbocycles. The maximum Gasteiger partial charge on any atom is 0.253 e. The number of carbonyl (C=O) groups is 1. The lowest BCUT2D eigenvalue weighted by atomic mass is 10.1. The molecule has 0 atom stereocenters. The lowest BCUT2D eigenvalue weighted by Crippen LogP contribution is -2.32. The van der Waals surface area contributed by atoms with E-state index < -0.39 is 29.0 Å². The number of carbonyl (C=O) groups excluding carboxylic acids is 1. The highest BCUT2D eigenvalue weighted by Gasteiger charge is 2.22. The van der Waals surface area contributed by atoms with E-state index in [1.165, 1.54) is 25.1 Å². The van der Waals surface area contributed by atoms with Crippen LogP contribution in [0.2, 0.25) is 0 Å². The Labute approximate surface area is 176 Å². The second-order valence-corrected chi connectivity index (χ2v) is 7.30. The number of nitrogens with one attached hydrogen (secondary N) is 2. The molecule has 0 aliphatic carbocycles. The van der Waals surface area contributed by atoms with Crippen LogP contribution in [-0.2, 0) is 0 Å². The molecule has 0 fully saturated rings. The lowest BCUT2D eigenvalue weighted by molar-refractivity contribution is 0.0951. The third-order valence-electron chi connectivity index (χ3n) is 3.67. The summed E-state index contributed by atoms with van der Waals surface area (Å²) in [6.45, 7) is 2.29. The Balaban J connectivity index is 0.00000364. The van der Waals surface area contributed by atoms with Crippen molar-refractivity contribution in [3.63, 3.8) is 0 Å². The van der Waals surface area contributed by atoms with Gasteiger partial charge in [0.1, 0.15) is 5.82 Å². The largest absolute Gasteiger partial charge is 0.351 e. The number of benzene rings is 2. The van der Waals surface area contributed by atoms with Crippen molar-refractivity contribution in [1.29, 1.82) is 0 Å². The van der Waals surface area contributed by atoms with Crippen LogP contribution in [0.1, 0.15) is 15.9 Å². The molecule has 1 amide bonds. The highest BCUT2D eigenvalue weighted by Crippen LogP contribution is 2.30. The Morgan fingerprint density at radius 2 is 1.81 bits per heavy atom. The van der Waals surface area contributed by atoms with Gasteiger partial charge in [0, 0.05) is 16.7 Å². The number of hydrogen-bond donors (Lipinski definition) is 2. The van der Waals surface area contributed by atoms with Crippen LogP contribution in [0.4, 0.5) is 24.5 Å². The third-order valence-corrected chi connectivity index (χ3v) is 4.34. The molecule has 2 rings (SSSR count). The Morgan fingerprint density at radius 1 is 1.15 bits per heavy atom. The van der Waals surface area contributed by atoms with Crippen molar-refractivity contribution < 1.29 is 18.0 Å². The van der Waals surface area contributed by atoms with Crippen LogP contribution in [0, 0.1) is 27.9 Å². The number of rotatable bonds is 6. The summed E-state index contributed by atoms with van der Waals surface area (Å²) in [7, 11) is 3.70. The number of likely N-dealkylation sites (N-methyl/N-ethyl adjacent to an activating group) is 1. The summed E-state index contributed by atoms with van der Waals surface area (Å²) < 4.78 is 43.2. The highest BCUT2D eigenvalue weighted by molar-refractivity contribution is 14.1. The van der Waals surface area contributed by atoms with Gasteiger partial charge in [-0.05, 0) is 73.4 Å². The minimum atomic E-state index is -1.22. The van der Waals surface area contributed by atoms with Gasteiger partial charge in [0.05, 0.1) is 16.9 Å². The topological polar surface area (TPSA) is 44.4 Å². The molecular formula is C18H20ClF3IN3O. The summed E-state index contributed by atoms with van der Waals surface area (Å²) in [5.41, 5.74) is -0.530. The molecule has 148 valence electrons. The maximum absolute atomic E-state index is 14.5.